The summed E-state index contributed by atoms with van der Waals surface area (Å²) in [5.41, 5.74) is -0.0714. The minimum Gasteiger partial charge on any atom is -0.492 e. The second-order valence-electron chi connectivity index (χ2n) is 3.42. The summed E-state index contributed by atoms with van der Waals surface area (Å²) in [7, 11) is 0. The lowest BCUT2D eigenvalue weighted by Crippen LogP contribution is -2.22. The maximum Gasteiger partial charge on any atom is 0.253 e. The van der Waals surface area contributed by atoms with Gasteiger partial charge in [0, 0.05) is 16.7 Å². The monoisotopic (exact) mass is 294 g/mol. The lowest BCUT2D eigenvalue weighted by atomic mass is 10.3. The molecule has 2 rings (SSSR count). The number of hydrogen-bond acceptors (Lipinski definition) is 3. The van der Waals surface area contributed by atoms with E-state index in [-0.39, 0.29) is 5.56 Å². The van der Waals surface area contributed by atoms with Gasteiger partial charge in [0.05, 0.1) is 12.9 Å². The first kappa shape index (κ1) is 11.9. The van der Waals surface area contributed by atoms with Gasteiger partial charge < -0.3 is 4.74 Å². The fourth-order valence-corrected chi connectivity index (χ4v) is 1.74. The molecule has 0 unspecified atom stereocenters. The Kier molecular flexibility index (Phi) is 3.93. The molecule has 5 heteroatoms. The lowest BCUT2D eigenvalue weighted by molar-refractivity contribution is 0.295. The summed E-state index contributed by atoms with van der Waals surface area (Å²) in [4.78, 5) is 15.3. The van der Waals surface area contributed by atoms with Crippen molar-refractivity contribution in [3.05, 3.63) is 57.7 Å². The minimum absolute atomic E-state index is 0.0714. The maximum absolute atomic E-state index is 11.4. The summed E-state index contributed by atoms with van der Waals surface area (Å²) in [6.07, 6.45) is 2.99. The number of hydrogen-bond donors (Lipinski definition) is 0. The van der Waals surface area contributed by atoms with Crippen molar-refractivity contribution >= 4 is 15.9 Å². The fraction of sp³-hybridized carbons (Fsp3) is 0.167. The SMILES string of the molecule is O=c1ccncn1CCOc1cccc(Br)c1. The molecular weight excluding hydrogens is 284 g/mol. The molecule has 0 amide bonds. The van der Waals surface area contributed by atoms with E-state index in [2.05, 4.69) is 20.9 Å². The van der Waals surface area contributed by atoms with E-state index in [0.29, 0.717) is 13.2 Å². The van der Waals surface area contributed by atoms with Crippen molar-refractivity contribution in [3.8, 4) is 5.75 Å². The highest BCUT2D eigenvalue weighted by Gasteiger charge is 1.97. The Labute approximate surface area is 107 Å². The number of benzene rings is 1. The van der Waals surface area contributed by atoms with Crippen molar-refractivity contribution in [1.82, 2.24) is 9.55 Å². The highest BCUT2D eigenvalue weighted by atomic mass is 79.9. The van der Waals surface area contributed by atoms with E-state index in [0.717, 1.165) is 10.2 Å². The van der Waals surface area contributed by atoms with E-state index < -0.39 is 0 Å². The minimum atomic E-state index is -0.0714. The molecule has 1 aromatic carbocycles. The third-order valence-corrected chi connectivity index (χ3v) is 2.68. The third kappa shape index (κ3) is 3.42. The number of halogens is 1. The molecule has 1 aromatic heterocycles. The van der Waals surface area contributed by atoms with Crippen LogP contribution in [0, 0.1) is 0 Å². The Morgan fingerprint density at radius 3 is 3.00 bits per heavy atom. The average molecular weight is 295 g/mol. The Morgan fingerprint density at radius 2 is 2.24 bits per heavy atom. The van der Waals surface area contributed by atoms with Crippen LogP contribution in [0.3, 0.4) is 0 Å². The van der Waals surface area contributed by atoms with E-state index in [1.807, 2.05) is 24.3 Å². The standard InChI is InChI=1S/C12H11BrN2O2/c13-10-2-1-3-11(8-10)17-7-6-15-9-14-5-4-12(15)16/h1-5,8-9H,6-7H2. The van der Waals surface area contributed by atoms with E-state index in [1.54, 1.807) is 0 Å². The molecule has 0 saturated carbocycles. The molecule has 0 aliphatic rings. The molecular formula is C12H11BrN2O2. The normalized spacial score (nSPS) is 10.2. The van der Waals surface area contributed by atoms with Crippen LogP contribution >= 0.6 is 15.9 Å². The van der Waals surface area contributed by atoms with Crippen LogP contribution in [0.25, 0.3) is 0 Å². The van der Waals surface area contributed by atoms with E-state index in [4.69, 9.17) is 4.74 Å². The molecule has 0 N–H and O–H groups in total. The molecule has 0 saturated heterocycles. The topological polar surface area (TPSA) is 44.1 Å². The summed E-state index contributed by atoms with van der Waals surface area (Å²) >= 11 is 3.37. The smallest absolute Gasteiger partial charge is 0.253 e. The van der Waals surface area contributed by atoms with Crippen molar-refractivity contribution in [2.24, 2.45) is 0 Å². The fourth-order valence-electron chi connectivity index (χ4n) is 1.36. The van der Waals surface area contributed by atoms with Crippen LogP contribution in [0.4, 0.5) is 0 Å². The number of ether oxygens (including phenoxy) is 1. The molecule has 0 aliphatic carbocycles. The first-order valence-electron chi connectivity index (χ1n) is 5.14. The predicted octanol–water partition coefficient (Wildman–Crippen LogP) is 2.08. The van der Waals surface area contributed by atoms with E-state index in [9.17, 15) is 4.79 Å². The second kappa shape index (κ2) is 5.63. The van der Waals surface area contributed by atoms with Crippen LogP contribution in [0.5, 0.6) is 5.75 Å². The van der Waals surface area contributed by atoms with Crippen molar-refractivity contribution in [3.63, 3.8) is 0 Å². The molecule has 2 aromatic rings. The van der Waals surface area contributed by atoms with E-state index in [1.165, 1.54) is 23.2 Å². The lowest BCUT2D eigenvalue weighted by Gasteiger charge is -2.07. The van der Waals surface area contributed by atoms with Crippen LogP contribution < -0.4 is 10.3 Å². The van der Waals surface area contributed by atoms with Crippen molar-refractivity contribution in [2.75, 3.05) is 6.61 Å². The highest BCUT2D eigenvalue weighted by molar-refractivity contribution is 9.10. The quantitative estimate of drug-likeness (QED) is 0.867. The zero-order chi connectivity index (χ0) is 12.1. The van der Waals surface area contributed by atoms with Gasteiger partial charge in [0.25, 0.3) is 5.56 Å². The molecule has 4 nitrogen and oxygen atoms in total. The Hall–Kier alpha value is -1.62. The predicted molar refractivity (Wildman–Crippen MR) is 68.1 cm³/mol. The largest absolute Gasteiger partial charge is 0.492 e. The van der Waals surface area contributed by atoms with Gasteiger partial charge >= 0.3 is 0 Å². The molecule has 0 spiro atoms. The van der Waals surface area contributed by atoms with Crippen molar-refractivity contribution < 1.29 is 4.74 Å². The Bertz CT molecular complexity index is 554. The first-order chi connectivity index (χ1) is 8.25. The summed E-state index contributed by atoms with van der Waals surface area (Å²) < 4.78 is 8.01. The number of rotatable bonds is 4. The molecule has 17 heavy (non-hydrogen) atoms. The Morgan fingerprint density at radius 1 is 1.35 bits per heavy atom. The molecule has 1 heterocycles. The van der Waals surface area contributed by atoms with Gasteiger partial charge in [-0.25, -0.2) is 4.98 Å². The van der Waals surface area contributed by atoms with Gasteiger partial charge in [-0.1, -0.05) is 22.0 Å². The van der Waals surface area contributed by atoms with Gasteiger partial charge in [-0.2, -0.15) is 0 Å². The second-order valence-corrected chi connectivity index (χ2v) is 4.33. The van der Waals surface area contributed by atoms with Gasteiger partial charge in [0.1, 0.15) is 12.4 Å². The van der Waals surface area contributed by atoms with Crippen LogP contribution in [0.1, 0.15) is 0 Å². The summed E-state index contributed by atoms with van der Waals surface area (Å²) in [6.45, 7) is 0.918. The van der Waals surface area contributed by atoms with Crippen LogP contribution in [0.15, 0.2) is 52.1 Å². The highest BCUT2D eigenvalue weighted by Crippen LogP contribution is 2.17. The van der Waals surface area contributed by atoms with Crippen molar-refractivity contribution in [2.45, 2.75) is 6.54 Å². The van der Waals surface area contributed by atoms with Gasteiger partial charge in [-0.3, -0.25) is 9.36 Å². The third-order valence-electron chi connectivity index (χ3n) is 2.19. The van der Waals surface area contributed by atoms with Gasteiger partial charge in [0.2, 0.25) is 0 Å². The van der Waals surface area contributed by atoms with Gasteiger partial charge in [-0.15, -0.1) is 0 Å². The molecule has 0 atom stereocenters. The number of nitrogens with zero attached hydrogens (tertiary/aromatic N) is 2. The molecule has 0 bridgehead atoms. The number of aromatic nitrogens is 2. The maximum atomic E-state index is 11.4. The molecule has 0 aliphatic heterocycles. The molecule has 88 valence electrons. The van der Waals surface area contributed by atoms with Crippen molar-refractivity contribution in [1.29, 1.82) is 0 Å². The summed E-state index contributed by atoms with van der Waals surface area (Å²) in [5.74, 6) is 0.774. The zero-order valence-corrected chi connectivity index (χ0v) is 10.6. The summed E-state index contributed by atoms with van der Waals surface area (Å²) in [6, 6.07) is 9.01. The molecule has 0 fully saturated rings. The molecule has 0 radical (unpaired) electrons. The van der Waals surface area contributed by atoms with Gasteiger partial charge in [0.15, 0.2) is 0 Å². The van der Waals surface area contributed by atoms with Crippen LogP contribution in [0.2, 0.25) is 0 Å². The first-order valence-corrected chi connectivity index (χ1v) is 5.94. The van der Waals surface area contributed by atoms with Crippen LogP contribution in [-0.2, 0) is 6.54 Å². The average Bonchev–Trinajstić information content (AvgIpc) is 2.32. The zero-order valence-electron chi connectivity index (χ0n) is 9.04. The summed E-state index contributed by atoms with van der Waals surface area (Å²) in [5, 5.41) is 0. The van der Waals surface area contributed by atoms with Crippen LogP contribution in [-0.4, -0.2) is 16.2 Å². The Balaban J connectivity index is 1.92. The van der Waals surface area contributed by atoms with Gasteiger partial charge in [-0.05, 0) is 18.2 Å². The van der Waals surface area contributed by atoms with E-state index >= 15 is 0 Å².